The van der Waals surface area contributed by atoms with E-state index in [0.717, 1.165) is 61.1 Å². The molecule has 170 valence electrons. The highest BCUT2D eigenvalue weighted by molar-refractivity contribution is 5.79. The van der Waals surface area contributed by atoms with Gasteiger partial charge >= 0.3 is 0 Å². The molecule has 7 heteroatoms. The SMILES string of the molecule is COc1cc2c(cc1OC)CN(CCNC(=O)Cc1c(C)nn(CC(C)C)c1C)CC2. The van der Waals surface area contributed by atoms with E-state index in [1.54, 1.807) is 14.2 Å². The molecule has 0 bridgehead atoms. The van der Waals surface area contributed by atoms with Gasteiger partial charge in [-0.2, -0.15) is 5.10 Å². The lowest BCUT2D eigenvalue weighted by molar-refractivity contribution is -0.120. The summed E-state index contributed by atoms with van der Waals surface area (Å²) in [5.41, 5.74) is 5.66. The fourth-order valence-electron chi connectivity index (χ4n) is 4.22. The Morgan fingerprint density at radius 3 is 2.48 bits per heavy atom. The quantitative estimate of drug-likeness (QED) is 0.665. The number of ether oxygens (including phenoxy) is 2. The first-order chi connectivity index (χ1) is 14.8. The number of hydrogen-bond donors (Lipinski definition) is 1. The number of aryl methyl sites for hydroxylation is 1. The van der Waals surface area contributed by atoms with Gasteiger partial charge in [-0.25, -0.2) is 0 Å². The van der Waals surface area contributed by atoms with Crippen molar-refractivity contribution in [3.8, 4) is 11.5 Å². The molecule has 2 heterocycles. The molecule has 0 aliphatic carbocycles. The number of carbonyl (C=O) groups excluding carboxylic acids is 1. The van der Waals surface area contributed by atoms with Gasteiger partial charge in [0.15, 0.2) is 11.5 Å². The third kappa shape index (κ3) is 5.58. The lowest BCUT2D eigenvalue weighted by atomic mass is 9.99. The van der Waals surface area contributed by atoms with Crippen LogP contribution in [0.1, 0.15) is 41.9 Å². The molecule has 1 N–H and O–H groups in total. The van der Waals surface area contributed by atoms with E-state index in [1.165, 1.54) is 11.1 Å². The summed E-state index contributed by atoms with van der Waals surface area (Å²) in [6, 6.07) is 4.15. The molecule has 7 nitrogen and oxygen atoms in total. The molecule has 2 aromatic rings. The van der Waals surface area contributed by atoms with Crippen molar-refractivity contribution in [3.05, 3.63) is 40.2 Å². The second kappa shape index (κ2) is 10.2. The zero-order valence-electron chi connectivity index (χ0n) is 19.7. The van der Waals surface area contributed by atoms with E-state index in [4.69, 9.17) is 9.47 Å². The van der Waals surface area contributed by atoms with Crippen molar-refractivity contribution >= 4 is 5.91 Å². The fourth-order valence-corrected chi connectivity index (χ4v) is 4.22. The van der Waals surface area contributed by atoms with Gasteiger partial charge in [0.05, 0.1) is 26.3 Å². The van der Waals surface area contributed by atoms with Crippen molar-refractivity contribution in [1.29, 1.82) is 0 Å². The van der Waals surface area contributed by atoms with Crippen LogP contribution in [0.2, 0.25) is 0 Å². The third-order valence-corrected chi connectivity index (χ3v) is 5.95. The summed E-state index contributed by atoms with van der Waals surface area (Å²) < 4.78 is 12.9. The van der Waals surface area contributed by atoms with Crippen LogP contribution < -0.4 is 14.8 Å². The van der Waals surface area contributed by atoms with Crippen LogP contribution >= 0.6 is 0 Å². The van der Waals surface area contributed by atoms with Crippen LogP contribution in [-0.4, -0.2) is 54.4 Å². The summed E-state index contributed by atoms with van der Waals surface area (Å²) in [5.74, 6) is 2.12. The first-order valence-electron chi connectivity index (χ1n) is 11.1. The number of fused-ring (bicyclic) bond motifs is 1. The highest BCUT2D eigenvalue weighted by Gasteiger charge is 2.20. The van der Waals surface area contributed by atoms with Gasteiger partial charge in [0.1, 0.15) is 0 Å². The summed E-state index contributed by atoms with van der Waals surface area (Å²) in [6.07, 6.45) is 1.35. The Morgan fingerprint density at radius 2 is 1.84 bits per heavy atom. The molecular weight excluding hydrogens is 392 g/mol. The van der Waals surface area contributed by atoms with E-state index in [2.05, 4.69) is 48.2 Å². The Kier molecular flexibility index (Phi) is 7.59. The molecule has 0 atom stereocenters. The summed E-state index contributed by atoms with van der Waals surface area (Å²) >= 11 is 0. The molecule has 1 aromatic heterocycles. The van der Waals surface area contributed by atoms with Gasteiger partial charge in [0.25, 0.3) is 0 Å². The molecule has 1 aliphatic heterocycles. The van der Waals surface area contributed by atoms with E-state index >= 15 is 0 Å². The van der Waals surface area contributed by atoms with Crippen molar-refractivity contribution in [3.63, 3.8) is 0 Å². The molecular formula is C24H36N4O3. The number of nitrogens with zero attached hydrogens (tertiary/aromatic N) is 3. The van der Waals surface area contributed by atoms with Gasteiger partial charge in [0, 0.05) is 44.0 Å². The molecule has 0 unspecified atom stereocenters. The minimum atomic E-state index is 0.0547. The standard InChI is InChI=1S/C24H36N4O3/c1-16(2)14-28-18(4)21(17(3)26-28)13-24(29)25-8-10-27-9-7-19-11-22(30-5)23(31-6)12-20(19)15-27/h11-12,16H,7-10,13-15H2,1-6H3,(H,25,29). The summed E-state index contributed by atoms with van der Waals surface area (Å²) in [5, 5.41) is 7.70. The minimum Gasteiger partial charge on any atom is -0.493 e. The lowest BCUT2D eigenvalue weighted by Crippen LogP contribution is -2.38. The number of aromatic nitrogens is 2. The Hall–Kier alpha value is -2.54. The van der Waals surface area contributed by atoms with E-state index in [0.29, 0.717) is 18.9 Å². The smallest absolute Gasteiger partial charge is 0.224 e. The van der Waals surface area contributed by atoms with E-state index in [-0.39, 0.29) is 5.91 Å². The van der Waals surface area contributed by atoms with Crippen LogP contribution in [0.15, 0.2) is 12.1 Å². The Morgan fingerprint density at radius 1 is 1.16 bits per heavy atom. The zero-order valence-corrected chi connectivity index (χ0v) is 19.7. The normalized spacial score (nSPS) is 13.9. The van der Waals surface area contributed by atoms with Crippen LogP contribution in [-0.2, 0) is 30.7 Å². The average molecular weight is 429 g/mol. The van der Waals surface area contributed by atoms with Gasteiger partial charge in [-0.05, 0) is 49.4 Å². The van der Waals surface area contributed by atoms with Gasteiger partial charge in [-0.1, -0.05) is 13.8 Å². The van der Waals surface area contributed by atoms with Crippen LogP contribution in [0.3, 0.4) is 0 Å². The Labute approximate surface area is 185 Å². The van der Waals surface area contributed by atoms with Crippen molar-refractivity contribution in [2.75, 3.05) is 33.9 Å². The number of carbonyl (C=O) groups is 1. The van der Waals surface area contributed by atoms with Crippen LogP contribution in [0.4, 0.5) is 0 Å². The summed E-state index contributed by atoms with van der Waals surface area (Å²) in [4.78, 5) is 14.9. The lowest BCUT2D eigenvalue weighted by Gasteiger charge is -2.29. The maximum absolute atomic E-state index is 12.5. The topological polar surface area (TPSA) is 68.6 Å². The van der Waals surface area contributed by atoms with Gasteiger partial charge in [-0.15, -0.1) is 0 Å². The van der Waals surface area contributed by atoms with Crippen molar-refractivity contribution in [1.82, 2.24) is 20.0 Å². The largest absolute Gasteiger partial charge is 0.493 e. The highest BCUT2D eigenvalue weighted by Crippen LogP contribution is 2.33. The van der Waals surface area contributed by atoms with Crippen molar-refractivity contribution in [2.45, 2.75) is 53.6 Å². The molecule has 0 radical (unpaired) electrons. The van der Waals surface area contributed by atoms with Gasteiger partial charge < -0.3 is 14.8 Å². The zero-order chi connectivity index (χ0) is 22.5. The molecule has 3 rings (SSSR count). The first-order valence-corrected chi connectivity index (χ1v) is 11.1. The summed E-state index contributed by atoms with van der Waals surface area (Å²) in [6.45, 7) is 12.6. The predicted molar refractivity (Wildman–Crippen MR) is 122 cm³/mol. The monoisotopic (exact) mass is 428 g/mol. The second-order valence-electron chi connectivity index (χ2n) is 8.75. The number of nitrogens with one attached hydrogen (secondary N) is 1. The van der Waals surface area contributed by atoms with E-state index in [9.17, 15) is 4.79 Å². The number of hydrogen-bond acceptors (Lipinski definition) is 5. The summed E-state index contributed by atoms with van der Waals surface area (Å²) in [7, 11) is 3.33. The van der Waals surface area contributed by atoms with Crippen LogP contribution in [0.25, 0.3) is 0 Å². The van der Waals surface area contributed by atoms with Gasteiger partial charge in [-0.3, -0.25) is 14.4 Å². The molecule has 0 saturated heterocycles. The molecule has 1 aliphatic rings. The predicted octanol–water partition coefficient (Wildman–Crippen LogP) is 2.89. The maximum Gasteiger partial charge on any atom is 0.224 e. The van der Waals surface area contributed by atoms with Crippen molar-refractivity contribution < 1.29 is 14.3 Å². The molecule has 1 aromatic carbocycles. The van der Waals surface area contributed by atoms with Crippen molar-refractivity contribution in [2.24, 2.45) is 5.92 Å². The molecule has 1 amide bonds. The highest BCUT2D eigenvalue weighted by atomic mass is 16.5. The average Bonchev–Trinajstić information content (AvgIpc) is 2.99. The second-order valence-corrected chi connectivity index (χ2v) is 8.75. The van der Waals surface area contributed by atoms with Crippen LogP contribution in [0, 0.1) is 19.8 Å². The van der Waals surface area contributed by atoms with Gasteiger partial charge in [0.2, 0.25) is 5.91 Å². The maximum atomic E-state index is 12.5. The van der Waals surface area contributed by atoms with E-state index < -0.39 is 0 Å². The number of benzene rings is 1. The Bertz CT molecular complexity index is 920. The minimum absolute atomic E-state index is 0.0547. The fraction of sp³-hybridized carbons (Fsp3) is 0.583. The third-order valence-electron chi connectivity index (χ3n) is 5.95. The first kappa shape index (κ1) is 23.1. The molecule has 31 heavy (non-hydrogen) atoms. The number of methoxy groups -OCH3 is 2. The molecule has 0 saturated carbocycles. The van der Waals surface area contributed by atoms with Crippen LogP contribution in [0.5, 0.6) is 11.5 Å². The Balaban J connectivity index is 1.51. The van der Waals surface area contributed by atoms with E-state index in [1.807, 2.05) is 11.6 Å². The number of amides is 1. The molecule has 0 fully saturated rings. The molecule has 0 spiro atoms. The number of rotatable bonds is 9.